The number of hydrogen-bond donors (Lipinski definition) is 0. The molecule has 37 heavy (non-hydrogen) atoms. The van der Waals surface area contributed by atoms with Crippen molar-refractivity contribution in [2.75, 3.05) is 4.90 Å². The SMILES string of the molecule is O=C1/C(=C\c2cn(Cc3ccc([N+](=O)[O-])cc3)c3ccccc23)SC(=S)N1c1cccc(C(F)(F)F)c1. The molecule has 3 aromatic carbocycles. The largest absolute Gasteiger partial charge is 0.416 e. The number of thioether (sulfide) groups is 1. The van der Waals surface area contributed by atoms with E-state index in [9.17, 15) is 28.1 Å². The van der Waals surface area contributed by atoms with Crippen molar-refractivity contribution in [1.29, 1.82) is 0 Å². The van der Waals surface area contributed by atoms with E-state index in [1.165, 1.54) is 24.3 Å². The Labute approximate surface area is 218 Å². The van der Waals surface area contributed by atoms with Crippen molar-refractivity contribution in [3.8, 4) is 0 Å². The number of amides is 1. The number of non-ortho nitro benzene ring substituents is 1. The highest BCUT2D eigenvalue weighted by molar-refractivity contribution is 8.27. The Morgan fingerprint density at radius 2 is 1.76 bits per heavy atom. The van der Waals surface area contributed by atoms with Gasteiger partial charge in [-0.25, -0.2) is 0 Å². The molecule has 4 aromatic rings. The van der Waals surface area contributed by atoms with Crippen LogP contribution in [0.15, 0.2) is 83.9 Å². The normalized spacial score (nSPS) is 15.2. The maximum Gasteiger partial charge on any atom is 0.416 e. The van der Waals surface area contributed by atoms with Crippen LogP contribution in [0.3, 0.4) is 0 Å². The summed E-state index contributed by atoms with van der Waals surface area (Å²) in [4.78, 5) is 25.1. The molecular formula is C26H16F3N3O3S2. The van der Waals surface area contributed by atoms with Crippen LogP contribution in [-0.4, -0.2) is 19.7 Å². The molecule has 0 aliphatic carbocycles. The Bertz CT molecular complexity index is 1590. The molecule has 5 rings (SSSR count). The lowest BCUT2D eigenvalue weighted by Gasteiger charge is -2.16. The van der Waals surface area contributed by atoms with Gasteiger partial charge in [-0.3, -0.25) is 19.8 Å². The average Bonchev–Trinajstić information content (AvgIpc) is 3.35. The number of nitro groups is 1. The maximum absolute atomic E-state index is 13.2. The van der Waals surface area contributed by atoms with Crippen molar-refractivity contribution < 1.29 is 22.9 Å². The van der Waals surface area contributed by atoms with E-state index in [1.807, 2.05) is 35.0 Å². The third-order valence-corrected chi connectivity index (χ3v) is 7.13. The van der Waals surface area contributed by atoms with Crippen LogP contribution >= 0.6 is 24.0 Å². The minimum Gasteiger partial charge on any atom is -0.342 e. The number of rotatable bonds is 5. The number of anilines is 1. The zero-order valence-electron chi connectivity index (χ0n) is 18.8. The molecule has 1 aromatic heterocycles. The van der Waals surface area contributed by atoms with Gasteiger partial charge in [0.1, 0.15) is 0 Å². The molecule has 1 amide bonds. The highest BCUT2D eigenvalue weighted by Crippen LogP contribution is 2.39. The highest BCUT2D eigenvalue weighted by Gasteiger charge is 2.36. The number of nitrogens with zero attached hydrogens (tertiary/aromatic N) is 3. The summed E-state index contributed by atoms with van der Waals surface area (Å²) in [5.74, 6) is -0.499. The molecule has 0 saturated carbocycles. The summed E-state index contributed by atoms with van der Waals surface area (Å²) in [5, 5.41) is 11.8. The summed E-state index contributed by atoms with van der Waals surface area (Å²) in [6, 6.07) is 18.3. The Kier molecular flexibility index (Phi) is 6.34. The van der Waals surface area contributed by atoms with Crippen LogP contribution in [-0.2, 0) is 17.5 Å². The smallest absolute Gasteiger partial charge is 0.342 e. The van der Waals surface area contributed by atoms with Gasteiger partial charge >= 0.3 is 6.18 Å². The Balaban J connectivity index is 1.48. The first-order valence-electron chi connectivity index (χ1n) is 10.9. The number of halogens is 3. The van der Waals surface area contributed by atoms with E-state index in [1.54, 1.807) is 18.2 Å². The second-order valence-electron chi connectivity index (χ2n) is 8.22. The van der Waals surface area contributed by atoms with E-state index < -0.39 is 22.6 Å². The van der Waals surface area contributed by atoms with Gasteiger partial charge in [-0.05, 0) is 35.9 Å². The first-order valence-corrected chi connectivity index (χ1v) is 12.1. The summed E-state index contributed by atoms with van der Waals surface area (Å²) >= 11 is 6.36. The highest BCUT2D eigenvalue weighted by atomic mass is 32.2. The van der Waals surface area contributed by atoms with Crippen LogP contribution in [0.4, 0.5) is 24.5 Å². The van der Waals surface area contributed by atoms with Crippen LogP contribution < -0.4 is 4.90 Å². The summed E-state index contributed by atoms with van der Waals surface area (Å²) in [6.07, 6.45) is -0.998. The molecule has 0 radical (unpaired) electrons. The van der Waals surface area contributed by atoms with Gasteiger partial charge in [0.25, 0.3) is 11.6 Å². The molecule has 0 bridgehead atoms. The summed E-state index contributed by atoms with van der Waals surface area (Å²) in [6.45, 7) is 0.442. The van der Waals surface area contributed by atoms with Crippen molar-refractivity contribution in [2.24, 2.45) is 0 Å². The van der Waals surface area contributed by atoms with E-state index >= 15 is 0 Å². The third-order valence-electron chi connectivity index (χ3n) is 5.83. The number of carbonyl (C=O) groups is 1. The van der Waals surface area contributed by atoms with Gasteiger partial charge in [0.2, 0.25) is 0 Å². The predicted octanol–water partition coefficient (Wildman–Crippen LogP) is 7.02. The van der Waals surface area contributed by atoms with Gasteiger partial charge in [0, 0.05) is 41.3 Å². The fourth-order valence-corrected chi connectivity index (χ4v) is 5.38. The fraction of sp³-hybridized carbons (Fsp3) is 0.0769. The van der Waals surface area contributed by atoms with Crippen molar-refractivity contribution in [3.63, 3.8) is 0 Å². The van der Waals surface area contributed by atoms with Crippen LogP contribution in [0.2, 0.25) is 0 Å². The number of hydrogen-bond acceptors (Lipinski definition) is 5. The minimum atomic E-state index is -4.54. The molecule has 186 valence electrons. The van der Waals surface area contributed by atoms with E-state index in [0.717, 1.165) is 50.8 Å². The van der Waals surface area contributed by atoms with Gasteiger partial charge in [-0.15, -0.1) is 0 Å². The number of carbonyl (C=O) groups excluding carboxylic acids is 1. The van der Waals surface area contributed by atoms with Crippen molar-refractivity contribution in [3.05, 3.63) is 111 Å². The Hall–Kier alpha value is -3.96. The molecule has 1 aliphatic rings. The van der Waals surface area contributed by atoms with Crippen LogP contribution in [0.5, 0.6) is 0 Å². The number of aromatic nitrogens is 1. The van der Waals surface area contributed by atoms with E-state index in [-0.39, 0.29) is 15.7 Å². The molecule has 1 fully saturated rings. The maximum atomic E-state index is 13.2. The summed E-state index contributed by atoms with van der Waals surface area (Å²) in [5.41, 5.74) is 1.68. The number of nitro benzene ring substituents is 1. The fourth-order valence-electron chi connectivity index (χ4n) is 4.09. The monoisotopic (exact) mass is 539 g/mol. The predicted molar refractivity (Wildman–Crippen MR) is 141 cm³/mol. The molecular weight excluding hydrogens is 523 g/mol. The minimum absolute atomic E-state index is 0.00426. The van der Waals surface area contributed by atoms with Gasteiger partial charge in [0.05, 0.1) is 21.1 Å². The molecule has 0 atom stereocenters. The quantitative estimate of drug-likeness (QED) is 0.118. The molecule has 11 heteroatoms. The zero-order chi connectivity index (χ0) is 26.3. The number of alkyl halides is 3. The van der Waals surface area contributed by atoms with Crippen molar-refractivity contribution in [1.82, 2.24) is 4.57 Å². The molecule has 0 spiro atoms. The molecule has 2 heterocycles. The van der Waals surface area contributed by atoms with E-state index in [4.69, 9.17) is 12.2 Å². The topological polar surface area (TPSA) is 68.4 Å². The summed E-state index contributed by atoms with van der Waals surface area (Å²) < 4.78 is 41.7. The lowest BCUT2D eigenvalue weighted by molar-refractivity contribution is -0.384. The van der Waals surface area contributed by atoms with Crippen LogP contribution in [0.25, 0.3) is 17.0 Å². The average molecular weight is 540 g/mol. The van der Waals surface area contributed by atoms with Gasteiger partial charge in [-0.1, -0.05) is 60.4 Å². The molecule has 1 aliphatic heterocycles. The third kappa shape index (κ3) is 4.87. The Morgan fingerprint density at radius 1 is 1.03 bits per heavy atom. The van der Waals surface area contributed by atoms with Crippen LogP contribution in [0.1, 0.15) is 16.7 Å². The van der Waals surface area contributed by atoms with Gasteiger partial charge in [-0.2, -0.15) is 13.2 Å². The summed E-state index contributed by atoms with van der Waals surface area (Å²) in [7, 11) is 0. The number of para-hydroxylation sites is 1. The van der Waals surface area contributed by atoms with Crippen molar-refractivity contribution >= 4 is 62.6 Å². The van der Waals surface area contributed by atoms with Gasteiger partial charge in [0.15, 0.2) is 4.32 Å². The number of benzene rings is 3. The standard InChI is InChI=1S/C26H16F3N3O3S2/c27-26(28,29)18-4-3-5-20(13-18)31-24(33)23(37-25(31)36)12-17-15-30(22-7-2-1-6-21(17)22)14-16-8-10-19(11-9-16)32(34)35/h1-13,15H,14H2/b23-12+. The molecule has 0 unspecified atom stereocenters. The lowest BCUT2D eigenvalue weighted by Crippen LogP contribution is -2.27. The van der Waals surface area contributed by atoms with Crippen molar-refractivity contribution in [2.45, 2.75) is 12.7 Å². The molecule has 6 nitrogen and oxygen atoms in total. The first-order chi connectivity index (χ1) is 17.6. The second kappa shape index (κ2) is 9.49. The Morgan fingerprint density at radius 3 is 2.46 bits per heavy atom. The zero-order valence-corrected chi connectivity index (χ0v) is 20.4. The van der Waals surface area contributed by atoms with E-state index in [0.29, 0.717) is 11.4 Å². The lowest BCUT2D eigenvalue weighted by atomic mass is 10.1. The van der Waals surface area contributed by atoms with E-state index in [2.05, 4.69) is 0 Å². The van der Waals surface area contributed by atoms with Gasteiger partial charge < -0.3 is 4.57 Å². The number of thiocarbonyl (C=S) groups is 1. The number of fused-ring (bicyclic) bond motifs is 1. The first kappa shape index (κ1) is 24.7. The molecule has 0 N–H and O–H groups in total. The second-order valence-corrected chi connectivity index (χ2v) is 9.89. The van der Waals surface area contributed by atoms with Crippen LogP contribution in [0, 0.1) is 10.1 Å². The molecule has 1 saturated heterocycles.